The number of hydrogen-bond donors (Lipinski definition) is 0. The fourth-order valence-electron chi connectivity index (χ4n) is 3.20. The van der Waals surface area contributed by atoms with Gasteiger partial charge in [-0.15, -0.1) is 0 Å². The molecule has 1 saturated heterocycles. The molecule has 0 saturated carbocycles. The lowest BCUT2D eigenvalue weighted by Gasteiger charge is -2.23. The quantitative estimate of drug-likeness (QED) is 0.644. The summed E-state index contributed by atoms with van der Waals surface area (Å²) in [6.45, 7) is 0.102. The maximum absolute atomic E-state index is 12.8. The molecule has 1 fully saturated rings. The van der Waals surface area contributed by atoms with Crippen LogP contribution in [0.25, 0.3) is 0 Å². The summed E-state index contributed by atoms with van der Waals surface area (Å²) in [6.07, 6.45) is -1.22. The molecule has 6 heteroatoms. The normalized spacial score (nSPS) is 21.4. The van der Waals surface area contributed by atoms with E-state index in [9.17, 15) is 9.00 Å². The van der Waals surface area contributed by atoms with Crippen molar-refractivity contribution in [2.45, 2.75) is 18.8 Å². The Balaban J connectivity index is 1.62. The second-order valence-electron chi connectivity index (χ2n) is 6.37. The minimum Gasteiger partial charge on any atom is -0.444 e. The van der Waals surface area contributed by atoms with Gasteiger partial charge in [-0.3, -0.25) is 4.18 Å². The molecule has 0 spiro atoms. The molecule has 1 heterocycles. The standard InChI is InChI=1S/C22H19NO4S/c24-22(26-16-17-10-4-1-5-11-17)23-20(18-12-6-2-7-13-18)21(27-28(23)25)19-14-8-3-9-15-19/h1-15,20-21H,16H2/t20-,21+,28?/m0/s1. The van der Waals surface area contributed by atoms with Crippen LogP contribution in [0, 0.1) is 0 Å². The highest BCUT2D eigenvalue weighted by Crippen LogP contribution is 2.44. The van der Waals surface area contributed by atoms with Crippen LogP contribution in [-0.4, -0.2) is 14.6 Å². The molecule has 0 radical (unpaired) electrons. The van der Waals surface area contributed by atoms with Crippen LogP contribution in [0.4, 0.5) is 4.79 Å². The topological polar surface area (TPSA) is 55.8 Å². The Morgan fingerprint density at radius 1 is 0.857 bits per heavy atom. The number of benzene rings is 3. The molecule has 5 nitrogen and oxygen atoms in total. The molecule has 28 heavy (non-hydrogen) atoms. The SMILES string of the molecule is O=C(OCc1ccccc1)N1[C@@H](c2ccccc2)[C@@H](c2ccccc2)OS1=O. The number of ether oxygens (including phenoxy) is 1. The number of carbonyl (C=O) groups excluding carboxylic acids is 1. The van der Waals surface area contributed by atoms with Crippen molar-refractivity contribution in [2.75, 3.05) is 0 Å². The molecule has 0 bridgehead atoms. The first-order valence-corrected chi connectivity index (χ1v) is 9.96. The third-order valence-corrected chi connectivity index (χ3v) is 5.61. The van der Waals surface area contributed by atoms with Gasteiger partial charge >= 0.3 is 6.09 Å². The van der Waals surface area contributed by atoms with Gasteiger partial charge in [-0.2, -0.15) is 4.31 Å². The van der Waals surface area contributed by atoms with Crippen molar-refractivity contribution in [1.82, 2.24) is 4.31 Å². The van der Waals surface area contributed by atoms with E-state index in [0.29, 0.717) is 0 Å². The first-order valence-electron chi connectivity index (χ1n) is 8.93. The van der Waals surface area contributed by atoms with Gasteiger partial charge < -0.3 is 4.74 Å². The second kappa shape index (κ2) is 8.37. The zero-order valence-corrected chi connectivity index (χ0v) is 15.8. The monoisotopic (exact) mass is 393 g/mol. The predicted molar refractivity (Wildman–Crippen MR) is 106 cm³/mol. The fraction of sp³-hybridized carbons (Fsp3) is 0.136. The van der Waals surface area contributed by atoms with E-state index >= 15 is 0 Å². The molecular weight excluding hydrogens is 374 g/mol. The van der Waals surface area contributed by atoms with E-state index in [0.717, 1.165) is 16.7 Å². The summed E-state index contributed by atoms with van der Waals surface area (Å²) in [5.74, 6) is 0. The smallest absolute Gasteiger partial charge is 0.424 e. The predicted octanol–water partition coefficient (Wildman–Crippen LogP) is 4.72. The van der Waals surface area contributed by atoms with E-state index in [-0.39, 0.29) is 6.61 Å². The summed E-state index contributed by atoms with van der Waals surface area (Å²) in [5.41, 5.74) is 2.54. The van der Waals surface area contributed by atoms with Crippen LogP contribution in [0.5, 0.6) is 0 Å². The van der Waals surface area contributed by atoms with Crippen molar-refractivity contribution in [3.05, 3.63) is 108 Å². The number of amides is 1. The fourth-order valence-corrected chi connectivity index (χ4v) is 4.28. The van der Waals surface area contributed by atoms with Gasteiger partial charge in [0.25, 0.3) is 11.3 Å². The highest BCUT2D eigenvalue weighted by Gasteiger charge is 2.46. The Morgan fingerprint density at radius 2 is 1.39 bits per heavy atom. The van der Waals surface area contributed by atoms with E-state index in [1.165, 1.54) is 4.31 Å². The minimum atomic E-state index is -1.95. The van der Waals surface area contributed by atoms with Crippen LogP contribution in [0.2, 0.25) is 0 Å². The van der Waals surface area contributed by atoms with Crippen molar-refractivity contribution in [2.24, 2.45) is 0 Å². The first-order chi connectivity index (χ1) is 13.7. The van der Waals surface area contributed by atoms with Crippen molar-refractivity contribution >= 4 is 17.4 Å². The number of nitrogens with zero attached hydrogens (tertiary/aromatic N) is 1. The van der Waals surface area contributed by atoms with Gasteiger partial charge in [0.15, 0.2) is 0 Å². The van der Waals surface area contributed by atoms with Gasteiger partial charge in [0.05, 0.1) is 0 Å². The molecule has 4 rings (SSSR count). The van der Waals surface area contributed by atoms with E-state index in [1.54, 1.807) is 0 Å². The van der Waals surface area contributed by atoms with E-state index in [1.807, 2.05) is 91.0 Å². The molecule has 1 amide bonds. The summed E-state index contributed by atoms with van der Waals surface area (Å²) < 4.78 is 25.0. The number of carbonyl (C=O) groups is 1. The molecule has 1 aliphatic rings. The molecule has 0 N–H and O–H groups in total. The Morgan fingerprint density at radius 3 is 2.00 bits per heavy atom. The molecular formula is C22H19NO4S. The van der Waals surface area contributed by atoms with Crippen molar-refractivity contribution in [3.63, 3.8) is 0 Å². The lowest BCUT2D eigenvalue weighted by Crippen LogP contribution is -2.32. The second-order valence-corrected chi connectivity index (χ2v) is 7.39. The van der Waals surface area contributed by atoms with Gasteiger partial charge in [-0.05, 0) is 16.7 Å². The van der Waals surface area contributed by atoms with Gasteiger partial charge in [0, 0.05) is 0 Å². The van der Waals surface area contributed by atoms with E-state index < -0.39 is 29.5 Å². The highest BCUT2D eigenvalue weighted by molar-refractivity contribution is 7.78. The Kier molecular flexibility index (Phi) is 5.50. The van der Waals surface area contributed by atoms with Gasteiger partial charge in [-0.1, -0.05) is 91.0 Å². The van der Waals surface area contributed by atoms with Crippen LogP contribution in [0.15, 0.2) is 91.0 Å². The van der Waals surface area contributed by atoms with Crippen molar-refractivity contribution in [3.8, 4) is 0 Å². The minimum absolute atomic E-state index is 0.102. The first kappa shape index (κ1) is 18.4. The molecule has 3 atom stereocenters. The van der Waals surface area contributed by atoms with Gasteiger partial charge in [-0.25, -0.2) is 9.00 Å². The highest BCUT2D eigenvalue weighted by atomic mass is 32.2. The molecule has 3 aromatic rings. The summed E-state index contributed by atoms with van der Waals surface area (Å²) in [5, 5.41) is 0. The average Bonchev–Trinajstić information content (AvgIpc) is 3.11. The van der Waals surface area contributed by atoms with Crippen LogP contribution in [0.3, 0.4) is 0 Å². The van der Waals surface area contributed by atoms with Crippen molar-refractivity contribution < 1.29 is 17.9 Å². The van der Waals surface area contributed by atoms with Gasteiger partial charge in [0.2, 0.25) is 0 Å². The van der Waals surface area contributed by atoms with Crippen molar-refractivity contribution in [1.29, 1.82) is 0 Å². The largest absolute Gasteiger partial charge is 0.444 e. The zero-order chi connectivity index (χ0) is 19.3. The van der Waals surface area contributed by atoms with E-state index in [4.69, 9.17) is 8.92 Å². The molecule has 1 aliphatic heterocycles. The van der Waals surface area contributed by atoms with Crippen LogP contribution in [0.1, 0.15) is 28.8 Å². The number of hydrogen-bond acceptors (Lipinski definition) is 4. The third kappa shape index (κ3) is 3.83. The summed E-state index contributed by atoms with van der Waals surface area (Å²) in [4.78, 5) is 12.8. The Labute approximate surface area is 166 Å². The molecule has 142 valence electrons. The molecule has 0 aromatic heterocycles. The Hall–Kier alpha value is -2.96. The maximum Gasteiger partial charge on any atom is 0.424 e. The lowest BCUT2D eigenvalue weighted by molar-refractivity contribution is 0.107. The summed E-state index contributed by atoms with van der Waals surface area (Å²) in [6, 6.07) is 27.7. The number of rotatable bonds is 4. The molecule has 3 aromatic carbocycles. The Bertz CT molecular complexity index is 950. The van der Waals surface area contributed by atoms with Crippen LogP contribution in [-0.2, 0) is 26.8 Å². The summed E-state index contributed by atoms with van der Waals surface area (Å²) >= 11 is -1.95. The molecule has 1 unspecified atom stereocenters. The maximum atomic E-state index is 12.8. The third-order valence-electron chi connectivity index (χ3n) is 4.54. The average molecular weight is 393 g/mol. The van der Waals surface area contributed by atoms with Crippen LogP contribution >= 0.6 is 0 Å². The molecule has 0 aliphatic carbocycles. The zero-order valence-electron chi connectivity index (χ0n) is 15.0. The van der Waals surface area contributed by atoms with E-state index in [2.05, 4.69) is 0 Å². The summed E-state index contributed by atoms with van der Waals surface area (Å²) in [7, 11) is 0. The van der Waals surface area contributed by atoms with Crippen LogP contribution < -0.4 is 0 Å². The van der Waals surface area contributed by atoms with Gasteiger partial charge in [0.1, 0.15) is 18.8 Å². The lowest BCUT2D eigenvalue weighted by atomic mass is 9.96.